The van der Waals surface area contributed by atoms with E-state index in [1.807, 2.05) is 30.3 Å². The van der Waals surface area contributed by atoms with Crippen LogP contribution in [-0.2, 0) is 20.7 Å². The molecule has 29 heavy (non-hydrogen) atoms. The summed E-state index contributed by atoms with van der Waals surface area (Å²) in [6.07, 6.45) is 0.106. The van der Waals surface area contributed by atoms with Crippen LogP contribution in [0.5, 0.6) is 0 Å². The molecular weight excluding hydrogens is 376 g/mol. The molecule has 0 saturated carbocycles. The zero-order chi connectivity index (χ0) is 20.8. The van der Waals surface area contributed by atoms with Crippen molar-refractivity contribution < 1.29 is 23.9 Å². The zero-order valence-electron chi connectivity index (χ0n) is 16.5. The van der Waals surface area contributed by atoms with Crippen LogP contribution in [0.3, 0.4) is 0 Å². The SMILES string of the molecule is CCOC(=O)N1CCN(C(=O)CC2NC(=O)N(CCc3ccccc3)C2=O)CC1. The van der Waals surface area contributed by atoms with Gasteiger partial charge >= 0.3 is 12.1 Å². The minimum atomic E-state index is -0.839. The number of ether oxygens (including phenoxy) is 1. The van der Waals surface area contributed by atoms with Crippen molar-refractivity contribution in [3.8, 4) is 0 Å². The van der Waals surface area contributed by atoms with E-state index < -0.39 is 12.1 Å². The number of carbonyl (C=O) groups excluding carboxylic acids is 4. The maximum Gasteiger partial charge on any atom is 0.409 e. The molecular formula is C20H26N4O5. The van der Waals surface area contributed by atoms with Crippen LogP contribution in [0, 0.1) is 0 Å². The van der Waals surface area contributed by atoms with Gasteiger partial charge in [0.1, 0.15) is 6.04 Å². The van der Waals surface area contributed by atoms with Crippen LogP contribution in [0.1, 0.15) is 18.9 Å². The molecule has 5 amide bonds. The topological polar surface area (TPSA) is 99.3 Å². The van der Waals surface area contributed by atoms with Gasteiger partial charge in [-0.3, -0.25) is 14.5 Å². The molecule has 156 valence electrons. The third-order valence-corrected chi connectivity index (χ3v) is 5.11. The molecule has 2 aliphatic heterocycles. The van der Waals surface area contributed by atoms with Gasteiger partial charge in [-0.1, -0.05) is 30.3 Å². The van der Waals surface area contributed by atoms with E-state index in [2.05, 4.69) is 5.32 Å². The number of piperazine rings is 1. The summed E-state index contributed by atoms with van der Waals surface area (Å²) in [7, 11) is 0. The summed E-state index contributed by atoms with van der Waals surface area (Å²) in [5.41, 5.74) is 1.03. The van der Waals surface area contributed by atoms with E-state index in [0.29, 0.717) is 39.2 Å². The second-order valence-corrected chi connectivity index (χ2v) is 7.00. The number of nitrogens with one attached hydrogen (secondary N) is 1. The summed E-state index contributed by atoms with van der Waals surface area (Å²) in [5, 5.41) is 2.61. The van der Waals surface area contributed by atoms with Gasteiger partial charge in [-0.15, -0.1) is 0 Å². The van der Waals surface area contributed by atoms with E-state index in [0.717, 1.165) is 5.56 Å². The van der Waals surface area contributed by atoms with Crippen molar-refractivity contribution in [3.05, 3.63) is 35.9 Å². The van der Waals surface area contributed by atoms with Crippen LogP contribution in [-0.4, -0.2) is 84.0 Å². The third kappa shape index (κ3) is 5.04. The molecule has 1 aromatic carbocycles. The molecule has 9 nitrogen and oxygen atoms in total. The number of benzene rings is 1. The number of nitrogens with zero attached hydrogens (tertiary/aromatic N) is 3. The Morgan fingerprint density at radius 2 is 1.72 bits per heavy atom. The highest BCUT2D eigenvalue weighted by molar-refractivity contribution is 6.05. The van der Waals surface area contributed by atoms with Crippen molar-refractivity contribution in [1.29, 1.82) is 0 Å². The largest absolute Gasteiger partial charge is 0.450 e. The Morgan fingerprint density at radius 3 is 2.38 bits per heavy atom. The molecule has 1 aromatic rings. The number of rotatable bonds is 6. The first-order chi connectivity index (χ1) is 14.0. The molecule has 2 saturated heterocycles. The highest BCUT2D eigenvalue weighted by atomic mass is 16.6. The quantitative estimate of drug-likeness (QED) is 0.711. The summed E-state index contributed by atoms with van der Waals surface area (Å²) >= 11 is 0. The molecule has 9 heteroatoms. The zero-order valence-corrected chi connectivity index (χ0v) is 16.5. The molecule has 0 spiro atoms. The lowest BCUT2D eigenvalue weighted by molar-refractivity contribution is -0.136. The van der Waals surface area contributed by atoms with Gasteiger partial charge in [0.2, 0.25) is 5.91 Å². The average molecular weight is 402 g/mol. The smallest absolute Gasteiger partial charge is 0.409 e. The summed E-state index contributed by atoms with van der Waals surface area (Å²) < 4.78 is 4.96. The van der Waals surface area contributed by atoms with E-state index in [4.69, 9.17) is 4.74 Å². The summed E-state index contributed by atoms with van der Waals surface area (Å²) in [4.78, 5) is 53.4. The normalized spacial score (nSPS) is 19.3. The lowest BCUT2D eigenvalue weighted by Gasteiger charge is -2.34. The second kappa shape index (κ2) is 9.40. The van der Waals surface area contributed by atoms with E-state index >= 15 is 0 Å². The van der Waals surface area contributed by atoms with Crippen LogP contribution in [0.4, 0.5) is 9.59 Å². The fourth-order valence-electron chi connectivity index (χ4n) is 3.47. The first-order valence-corrected chi connectivity index (χ1v) is 9.85. The number of hydrogen-bond acceptors (Lipinski definition) is 5. The summed E-state index contributed by atoms with van der Waals surface area (Å²) in [6, 6.07) is 8.30. The van der Waals surface area contributed by atoms with Crippen molar-refractivity contribution in [3.63, 3.8) is 0 Å². The van der Waals surface area contributed by atoms with Crippen LogP contribution >= 0.6 is 0 Å². The lowest BCUT2D eigenvalue weighted by atomic mass is 10.1. The molecule has 2 heterocycles. The van der Waals surface area contributed by atoms with Crippen molar-refractivity contribution >= 4 is 23.9 Å². The van der Waals surface area contributed by atoms with E-state index in [1.54, 1.807) is 16.7 Å². The third-order valence-electron chi connectivity index (χ3n) is 5.11. The maximum absolute atomic E-state index is 12.6. The van der Waals surface area contributed by atoms with Gasteiger partial charge in [0, 0.05) is 32.7 Å². The second-order valence-electron chi connectivity index (χ2n) is 7.00. The fraction of sp³-hybridized carbons (Fsp3) is 0.500. The highest BCUT2D eigenvalue weighted by Gasteiger charge is 2.39. The minimum Gasteiger partial charge on any atom is -0.450 e. The number of urea groups is 1. The monoisotopic (exact) mass is 402 g/mol. The van der Waals surface area contributed by atoms with Crippen molar-refractivity contribution in [2.24, 2.45) is 0 Å². The number of imide groups is 1. The van der Waals surface area contributed by atoms with Crippen LogP contribution in [0.15, 0.2) is 30.3 Å². The van der Waals surface area contributed by atoms with Gasteiger partial charge < -0.3 is 19.9 Å². The molecule has 0 radical (unpaired) electrons. The minimum absolute atomic E-state index is 0.0776. The van der Waals surface area contributed by atoms with E-state index in [9.17, 15) is 19.2 Å². The van der Waals surface area contributed by atoms with Crippen LogP contribution in [0.25, 0.3) is 0 Å². The van der Waals surface area contributed by atoms with Gasteiger partial charge in [0.25, 0.3) is 5.91 Å². The van der Waals surface area contributed by atoms with Crippen LogP contribution in [0.2, 0.25) is 0 Å². The molecule has 0 aliphatic carbocycles. The van der Waals surface area contributed by atoms with E-state index in [-0.39, 0.29) is 30.9 Å². The average Bonchev–Trinajstić information content (AvgIpc) is 3.00. The van der Waals surface area contributed by atoms with Gasteiger partial charge in [-0.05, 0) is 18.9 Å². The van der Waals surface area contributed by atoms with Crippen LogP contribution < -0.4 is 5.32 Å². The first-order valence-electron chi connectivity index (χ1n) is 9.85. The maximum atomic E-state index is 12.6. The Hall–Kier alpha value is -3.10. The van der Waals surface area contributed by atoms with Crippen molar-refractivity contribution in [2.75, 3.05) is 39.3 Å². The number of carbonyl (C=O) groups is 4. The molecule has 1 unspecified atom stereocenters. The Balaban J connectivity index is 1.48. The predicted octanol–water partition coefficient (Wildman–Crippen LogP) is 0.840. The Morgan fingerprint density at radius 1 is 1.07 bits per heavy atom. The van der Waals surface area contributed by atoms with Gasteiger partial charge in [-0.2, -0.15) is 0 Å². The molecule has 1 atom stereocenters. The highest BCUT2D eigenvalue weighted by Crippen LogP contribution is 2.14. The number of amides is 5. The molecule has 0 bridgehead atoms. The Kier molecular flexibility index (Phi) is 6.69. The number of hydrogen-bond donors (Lipinski definition) is 1. The Labute approximate surface area is 169 Å². The molecule has 3 rings (SSSR count). The first kappa shape index (κ1) is 20.6. The van der Waals surface area contributed by atoms with Gasteiger partial charge in [-0.25, -0.2) is 9.59 Å². The Bertz CT molecular complexity index is 761. The molecule has 2 aliphatic rings. The van der Waals surface area contributed by atoms with Gasteiger partial charge in [0.15, 0.2) is 0 Å². The van der Waals surface area contributed by atoms with Crippen molar-refractivity contribution in [2.45, 2.75) is 25.8 Å². The molecule has 2 fully saturated rings. The molecule has 0 aromatic heterocycles. The van der Waals surface area contributed by atoms with Crippen molar-refractivity contribution in [1.82, 2.24) is 20.0 Å². The summed E-state index contributed by atoms with van der Waals surface area (Å²) in [5.74, 6) is -0.582. The standard InChI is InChI=1S/C20H26N4O5/c1-2-29-20(28)23-12-10-22(11-13-23)17(25)14-16-18(26)24(19(27)21-16)9-8-15-6-4-3-5-7-15/h3-7,16H,2,8-14H2,1H3,(H,21,27). The fourth-order valence-corrected chi connectivity index (χ4v) is 3.47. The molecule has 1 N–H and O–H groups in total. The lowest BCUT2D eigenvalue weighted by Crippen LogP contribution is -2.51. The summed E-state index contributed by atoms with van der Waals surface area (Å²) in [6.45, 7) is 3.86. The van der Waals surface area contributed by atoms with E-state index in [1.165, 1.54) is 4.90 Å². The predicted molar refractivity (Wildman–Crippen MR) is 104 cm³/mol. The van der Waals surface area contributed by atoms with Gasteiger partial charge in [0.05, 0.1) is 13.0 Å².